The van der Waals surface area contributed by atoms with E-state index < -0.39 is 0 Å². The van der Waals surface area contributed by atoms with Gasteiger partial charge in [-0.2, -0.15) is 0 Å². The van der Waals surface area contributed by atoms with E-state index in [4.69, 9.17) is 4.42 Å². The molecule has 0 saturated heterocycles. The molecule has 2 aromatic rings. The van der Waals surface area contributed by atoms with E-state index in [1.807, 2.05) is 23.5 Å². The van der Waals surface area contributed by atoms with Crippen molar-refractivity contribution in [1.29, 1.82) is 0 Å². The molecule has 0 spiro atoms. The third-order valence-electron chi connectivity index (χ3n) is 3.08. The number of hydrogen-bond acceptors (Lipinski definition) is 3. The summed E-state index contributed by atoms with van der Waals surface area (Å²) in [5.74, 6) is 0.996. The molecule has 1 N–H and O–H groups in total. The monoisotopic (exact) mass is 277 g/mol. The molecule has 0 aliphatic carbocycles. The molecule has 3 heteroatoms. The van der Waals surface area contributed by atoms with Gasteiger partial charge >= 0.3 is 0 Å². The summed E-state index contributed by atoms with van der Waals surface area (Å²) in [6, 6.07) is 8.64. The van der Waals surface area contributed by atoms with Crippen molar-refractivity contribution in [3.8, 4) is 0 Å². The molecule has 2 heterocycles. The molecule has 0 aliphatic heterocycles. The predicted molar refractivity (Wildman–Crippen MR) is 81.9 cm³/mol. The molecule has 0 saturated carbocycles. The van der Waals surface area contributed by atoms with Crippen molar-refractivity contribution in [2.45, 2.75) is 45.6 Å². The number of rotatable bonds is 5. The van der Waals surface area contributed by atoms with E-state index in [-0.39, 0.29) is 11.5 Å². The molecule has 104 valence electrons. The molecule has 1 unspecified atom stereocenters. The summed E-state index contributed by atoms with van der Waals surface area (Å²) in [7, 11) is 0. The Morgan fingerprint density at radius 3 is 2.58 bits per heavy atom. The lowest BCUT2D eigenvalue weighted by Crippen LogP contribution is -2.21. The average Bonchev–Trinajstić information content (AvgIpc) is 2.99. The molecule has 0 bridgehead atoms. The van der Waals surface area contributed by atoms with Gasteiger partial charge in [-0.25, -0.2) is 0 Å². The van der Waals surface area contributed by atoms with Gasteiger partial charge in [0.1, 0.15) is 11.8 Å². The van der Waals surface area contributed by atoms with Crippen LogP contribution >= 0.6 is 11.3 Å². The molecule has 2 aromatic heterocycles. The van der Waals surface area contributed by atoms with Crippen LogP contribution in [0, 0.1) is 0 Å². The lowest BCUT2D eigenvalue weighted by atomic mass is 9.95. The van der Waals surface area contributed by atoms with Crippen molar-refractivity contribution in [3.63, 3.8) is 0 Å². The second-order valence-electron chi connectivity index (χ2n) is 5.85. The second-order valence-corrected chi connectivity index (χ2v) is 6.97. The van der Waals surface area contributed by atoms with E-state index in [0.717, 1.165) is 18.7 Å². The predicted octanol–water partition coefficient (Wildman–Crippen LogP) is 4.73. The Morgan fingerprint density at radius 1 is 1.26 bits per heavy atom. The molecular weight excluding hydrogens is 254 g/mol. The molecule has 0 radical (unpaired) electrons. The minimum absolute atomic E-state index is 0.177. The zero-order valence-electron chi connectivity index (χ0n) is 12.2. The van der Waals surface area contributed by atoms with Gasteiger partial charge in [-0.1, -0.05) is 27.7 Å². The van der Waals surface area contributed by atoms with Crippen LogP contribution in [0.1, 0.15) is 55.7 Å². The Kier molecular flexibility index (Phi) is 4.48. The maximum absolute atomic E-state index is 5.59. The Labute approximate surface area is 119 Å². The van der Waals surface area contributed by atoms with Crippen LogP contribution in [0.5, 0.6) is 0 Å². The lowest BCUT2D eigenvalue weighted by molar-refractivity contribution is 0.450. The van der Waals surface area contributed by atoms with Crippen molar-refractivity contribution in [2.75, 3.05) is 6.54 Å². The fourth-order valence-corrected chi connectivity index (χ4v) is 3.15. The van der Waals surface area contributed by atoms with Crippen LogP contribution in [0.3, 0.4) is 0 Å². The molecular formula is C16H23NOS. The summed E-state index contributed by atoms with van der Waals surface area (Å²) >= 11 is 1.87. The van der Waals surface area contributed by atoms with Gasteiger partial charge in [-0.05, 0) is 42.6 Å². The van der Waals surface area contributed by atoms with Crippen molar-refractivity contribution in [3.05, 3.63) is 46.0 Å². The van der Waals surface area contributed by atoms with E-state index in [1.165, 1.54) is 9.75 Å². The van der Waals surface area contributed by atoms with Crippen LogP contribution in [0.2, 0.25) is 0 Å². The van der Waals surface area contributed by atoms with Gasteiger partial charge in [0.25, 0.3) is 0 Å². The highest BCUT2D eigenvalue weighted by Crippen LogP contribution is 2.34. The quantitative estimate of drug-likeness (QED) is 0.855. The van der Waals surface area contributed by atoms with E-state index in [9.17, 15) is 0 Å². The largest absolute Gasteiger partial charge is 0.467 e. The van der Waals surface area contributed by atoms with Gasteiger partial charge in [0.2, 0.25) is 0 Å². The van der Waals surface area contributed by atoms with Gasteiger partial charge in [-0.15, -0.1) is 11.3 Å². The van der Waals surface area contributed by atoms with E-state index >= 15 is 0 Å². The second kappa shape index (κ2) is 5.93. The summed E-state index contributed by atoms with van der Waals surface area (Å²) in [5, 5.41) is 3.57. The first kappa shape index (κ1) is 14.4. The van der Waals surface area contributed by atoms with Crippen molar-refractivity contribution >= 4 is 11.3 Å². The van der Waals surface area contributed by atoms with Crippen molar-refractivity contribution < 1.29 is 4.42 Å². The average molecular weight is 277 g/mol. The highest BCUT2D eigenvalue weighted by molar-refractivity contribution is 7.12. The normalized spacial score (nSPS) is 13.7. The van der Waals surface area contributed by atoms with Crippen LogP contribution in [-0.4, -0.2) is 6.54 Å². The van der Waals surface area contributed by atoms with Crippen LogP contribution in [0.25, 0.3) is 0 Å². The first-order chi connectivity index (χ1) is 9.02. The standard InChI is InChI=1S/C16H23NOS/c1-5-10-17-15(12-7-6-11-18-12)13-8-9-14(19-13)16(2,3)4/h6-9,11,15,17H,5,10H2,1-4H3. The summed E-state index contributed by atoms with van der Waals surface area (Å²) in [6.07, 6.45) is 2.86. The van der Waals surface area contributed by atoms with Crippen LogP contribution in [0.4, 0.5) is 0 Å². The molecule has 0 amide bonds. The molecule has 0 aromatic carbocycles. The van der Waals surface area contributed by atoms with Gasteiger partial charge in [-0.3, -0.25) is 0 Å². The maximum Gasteiger partial charge on any atom is 0.126 e. The summed E-state index contributed by atoms with van der Waals surface area (Å²) in [5.41, 5.74) is 0.210. The summed E-state index contributed by atoms with van der Waals surface area (Å²) in [4.78, 5) is 2.74. The van der Waals surface area contributed by atoms with Gasteiger partial charge in [0, 0.05) is 9.75 Å². The molecule has 1 atom stereocenters. The third kappa shape index (κ3) is 3.48. The Balaban J connectivity index is 2.26. The first-order valence-electron chi connectivity index (χ1n) is 6.89. The van der Waals surface area contributed by atoms with Gasteiger partial charge in [0.05, 0.1) is 6.26 Å². The third-order valence-corrected chi connectivity index (χ3v) is 4.65. The zero-order chi connectivity index (χ0) is 13.9. The topological polar surface area (TPSA) is 25.2 Å². The number of nitrogens with one attached hydrogen (secondary N) is 1. The highest BCUT2D eigenvalue weighted by atomic mass is 32.1. The smallest absolute Gasteiger partial charge is 0.126 e. The summed E-state index contributed by atoms with van der Waals surface area (Å²) in [6.45, 7) is 9.94. The fourth-order valence-electron chi connectivity index (χ4n) is 2.00. The van der Waals surface area contributed by atoms with E-state index in [0.29, 0.717) is 0 Å². The fraction of sp³-hybridized carbons (Fsp3) is 0.500. The minimum Gasteiger partial charge on any atom is -0.467 e. The SMILES string of the molecule is CCCNC(c1ccco1)c1ccc(C(C)(C)C)s1. The summed E-state index contributed by atoms with van der Waals surface area (Å²) < 4.78 is 5.59. The Hall–Kier alpha value is -1.06. The van der Waals surface area contributed by atoms with Crippen LogP contribution < -0.4 is 5.32 Å². The van der Waals surface area contributed by atoms with Gasteiger partial charge in [0.15, 0.2) is 0 Å². The van der Waals surface area contributed by atoms with Crippen LogP contribution in [-0.2, 0) is 5.41 Å². The molecule has 2 nitrogen and oxygen atoms in total. The zero-order valence-corrected chi connectivity index (χ0v) is 13.0. The molecule has 2 rings (SSSR count). The molecule has 0 aliphatic rings. The number of thiophene rings is 1. The van der Waals surface area contributed by atoms with Crippen molar-refractivity contribution in [2.24, 2.45) is 0 Å². The van der Waals surface area contributed by atoms with Gasteiger partial charge < -0.3 is 9.73 Å². The molecule has 19 heavy (non-hydrogen) atoms. The number of hydrogen-bond donors (Lipinski definition) is 1. The minimum atomic E-state index is 0.177. The maximum atomic E-state index is 5.59. The highest BCUT2D eigenvalue weighted by Gasteiger charge is 2.22. The van der Waals surface area contributed by atoms with E-state index in [1.54, 1.807) is 6.26 Å². The first-order valence-corrected chi connectivity index (χ1v) is 7.71. The Morgan fingerprint density at radius 2 is 2.05 bits per heavy atom. The Bertz CT molecular complexity index is 493. The van der Waals surface area contributed by atoms with Crippen LogP contribution in [0.15, 0.2) is 34.9 Å². The molecule has 0 fully saturated rings. The number of furan rings is 1. The van der Waals surface area contributed by atoms with E-state index in [2.05, 4.69) is 45.1 Å². The lowest BCUT2D eigenvalue weighted by Gasteiger charge is -2.17. The van der Waals surface area contributed by atoms with Crippen molar-refractivity contribution in [1.82, 2.24) is 5.32 Å².